The van der Waals surface area contributed by atoms with E-state index in [1.807, 2.05) is 6.92 Å². The number of amides is 2. The number of benzene rings is 1. The number of imide groups is 1. The fourth-order valence-corrected chi connectivity index (χ4v) is 1.76. The second-order valence-corrected chi connectivity index (χ2v) is 4.16. The lowest BCUT2D eigenvalue weighted by atomic mass is 10.2. The summed E-state index contributed by atoms with van der Waals surface area (Å²) < 4.78 is 0. The van der Waals surface area contributed by atoms with E-state index >= 15 is 0 Å². The highest BCUT2D eigenvalue weighted by Gasteiger charge is 2.33. The summed E-state index contributed by atoms with van der Waals surface area (Å²) in [7, 11) is 0. The van der Waals surface area contributed by atoms with Crippen LogP contribution in [0.5, 0.6) is 0 Å². The first-order chi connectivity index (χ1) is 7.50. The molecule has 2 amide bonds. The summed E-state index contributed by atoms with van der Waals surface area (Å²) >= 11 is 5.88. The second kappa shape index (κ2) is 3.76. The largest absolute Gasteiger partial charge is 0.274 e. The van der Waals surface area contributed by atoms with Crippen molar-refractivity contribution in [3.63, 3.8) is 0 Å². The van der Waals surface area contributed by atoms with Crippen molar-refractivity contribution in [1.29, 1.82) is 0 Å². The predicted molar refractivity (Wildman–Crippen MR) is 62.4 cm³/mol. The average Bonchev–Trinajstić information content (AvgIpc) is 2.47. The summed E-state index contributed by atoms with van der Waals surface area (Å²) in [4.78, 5) is 24.4. The van der Waals surface area contributed by atoms with E-state index in [0.717, 1.165) is 10.5 Å². The molecule has 1 aliphatic rings. The van der Waals surface area contributed by atoms with Crippen LogP contribution in [0.1, 0.15) is 12.0 Å². The fraction of sp³-hybridized carbons (Fsp3) is 0.167. The summed E-state index contributed by atoms with van der Waals surface area (Å²) in [5.74, 6) is -0.566. The van der Waals surface area contributed by atoms with Gasteiger partial charge in [0.1, 0.15) is 0 Å². The number of hydrogen-bond donors (Lipinski definition) is 0. The number of carbonyl (C=O) groups excluding carboxylic acids is 2. The molecule has 0 atom stereocenters. The molecule has 0 bridgehead atoms. The summed E-state index contributed by atoms with van der Waals surface area (Å²) in [5, 5.41) is 0.613. The lowest BCUT2D eigenvalue weighted by Gasteiger charge is -2.14. The first kappa shape index (κ1) is 10.9. The van der Waals surface area contributed by atoms with Crippen molar-refractivity contribution in [3.05, 3.63) is 40.9 Å². The SMILES string of the molecule is C=C1CC(=O)N(c2ccc(Cl)c(C)c2)C1=O. The van der Waals surface area contributed by atoms with Crippen LogP contribution in [-0.4, -0.2) is 11.8 Å². The van der Waals surface area contributed by atoms with E-state index < -0.39 is 0 Å². The molecule has 4 heteroatoms. The zero-order valence-corrected chi connectivity index (χ0v) is 9.54. The van der Waals surface area contributed by atoms with Crippen LogP contribution in [0, 0.1) is 6.92 Å². The van der Waals surface area contributed by atoms with E-state index in [-0.39, 0.29) is 18.2 Å². The molecule has 3 nitrogen and oxygen atoms in total. The van der Waals surface area contributed by atoms with Gasteiger partial charge in [-0.3, -0.25) is 9.59 Å². The Morgan fingerprint density at radius 1 is 1.38 bits per heavy atom. The Hall–Kier alpha value is -1.61. The van der Waals surface area contributed by atoms with Crippen LogP contribution < -0.4 is 4.90 Å². The Morgan fingerprint density at radius 3 is 2.56 bits per heavy atom. The third-order valence-corrected chi connectivity index (χ3v) is 2.94. The Labute approximate surface area is 98.3 Å². The number of aryl methyl sites for hydroxylation is 1. The molecule has 1 heterocycles. The average molecular weight is 236 g/mol. The van der Waals surface area contributed by atoms with Gasteiger partial charge in [0.25, 0.3) is 5.91 Å². The van der Waals surface area contributed by atoms with E-state index in [2.05, 4.69) is 6.58 Å². The minimum atomic E-state index is -0.327. The molecule has 0 N–H and O–H groups in total. The van der Waals surface area contributed by atoms with Crippen molar-refractivity contribution in [1.82, 2.24) is 0 Å². The van der Waals surface area contributed by atoms with Gasteiger partial charge >= 0.3 is 0 Å². The Morgan fingerprint density at radius 2 is 2.06 bits per heavy atom. The van der Waals surface area contributed by atoms with Crippen LogP contribution in [-0.2, 0) is 9.59 Å². The highest BCUT2D eigenvalue weighted by molar-refractivity contribution is 6.32. The van der Waals surface area contributed by atoms with Crippen LogP contribution in [0.4, 0.5) is 5.69 Å². The topological polar surface area (TPSA) is 37.4 Å². The van der Waals surface area contributed by atoms with Crippen LogP contribution in [0.2, 0.25) is 5.02 Å². The van der Waals surface area contributed by atoms with E-state index in [1.165, 1.54) is 0 Å². The maximum atomic E-state index is 11.7. The van der Waals surface area contributed by atoms with E-state index in [0.29, 0.717) is 16.3 Å². The number of anilines is 1. The molecule has 1 saturated heterocycles. The molecule has 0 spiro atoms. The Kier molecular flexibility index (Phi) is 2.56. The van der Waals surface area contributed by atoms with Gasteiger partial charge in [0.05, 0.1) is 12.1 Å². The van der Waals surface area contributed by atoms with E-state index in [4.69, 9.17) is 11.6 Å². The molecule has 1 aromatic rings. The molecule has 0 radical (unpaired) electrons. The van der Waals surface area contributed by atoms with Gasteiger partial charge in [-0.1, -0.05) is 18.2 Å². The fourth-order valence-electron chi connectivity index (χ4n) is 1.64. The van der Waals surface area contributed by atoms with Crippen LogP contribution >= 0.6 is 11.6 Å². The van der Waals surface area contributed by atoms with Crippen LogP contribution in [0.15, 0.2) is 30.4 Å². The molecule has 0 aromatic heterocycles. The molecule has 1 aliphatic heterocycles. The Bertz CT molecular complexity index is 508. The molecule has 16 heavy (non-hydrogen) atoms. The minimum Gasteiger partial charge on any atom is -0.274 e. The standard InChI is InChI=1S/C12H10ClNO2/c1-7-5-9(3-4-10(7)13)14-11(15)6-8(2)12(14)16/h3-5H,2,6H2,1H3. The molecular formula is C12H10ClNO2. The van der Waals surface area contributed by atoms with Gasteiger partial charge in [-0.15, -0.1) is 0 Å². The molecule has 1 aromatic carbocycles. The highest BCUT2D eigenvalue weighted by Crippen LogP contribution is 2.28. The van der Waals surface area contributed by atoms with Gasteiger partial charge in [0.15, 0.2) is 0 Å². The van der Waals surface area contributed by atoms with Crippen LogP contribution in [0.3, 0.4) is 0 Å². The summed E-state index contributed by atoms with van der Waals surface area (Å²) in [6.45, 7) is 5.39. The van der Waals surface area contributed by atoms with Crippen molar-refractivity contribution in [2.75, 3.05) is 4.90 Å². The van der Waals surface area contributed by atoms with Crippen molar-refractivity contribution in [2.24, 2.45) is 0 Å². The van der Waals surface area contributed by atoms with Crippen molar-refractivity contribution < 1.29 is 9.59 Å². The van der Waals surface area contributed by atoms with Crippen LogP contribution in [0.25, 0.3) is 0 Å². The zero-order chi connectivity index (χ0) is 11.9. The van der Waals surface area contributed by atoms with E-state index in [9.17, 15) is 9.59 Å². The van der Waals surface area contributed by atoms with Gasteiger partial charge in [0.2, 0.25) is 5.91 Å². The zero-order valence-electron chi connectivity index (χ0n) is 8.79. The monoisotopic (exact) mass is 235 g/mol. The van der Waals surface area contributed by atoms with E-state index in [1.54, 1.807) is 18.2 Å². The van der Waals surface area contributed by atoms with Gasteiger partial charge in [0, 0.05) is 10.6 Å². The highest BCUT2D eigenvalue weighted by atomic mass is 35.5. The molecule has 0 unspecified atom stereocenters. The minimum absolute atomic E-state index is 0.0977. The normalized spacial score (nSPS) is 16.1. The number of halogens is 1. The third kappa shape index (κ3) is 1.63. The Balaban J connectivity index is 2.45. The first-order valence-electron chi connectivity index (χ1n) is 4.82. The number of nitrogens with zero attached hydrogens (tertiary/aromatic N) is 1. The maximum absolute atomic E-state index is 11.7. The molecule has 82 valence electrons. The van der Waals surface area contributed by atoms with Crippen molar-refractivity contribution in [3.8, 4) is 0 Å². The summed E-state index contributed by atoms with van der Waals surface area (Å²) in [6, 6.07) is 5.05. The predicted octanol–water partition coefficient (Wildman–Crippen LogP) is 2.47. The molecule has 0 aliphatic carbocycles. The lowest BCUT2D eigenvalue weighted by Crippen LogP contribution is -2.28. The molecule has 2 rings (SSSR count). The van der Waals surface area contributed by atoms with Gasteiger partial charge in [-0.2, -0.15) is 0 Å². The maximum Gasteiger partial charge on any atom is 0.260 e. The van der Waals surface area contributed by atoms with Crippen molar-refractivity contribution >= 4 is 29.1 Å². The number of rotatable bonds is 1. The third-order valence-electron chi connectivity index (χ3n) is 2.52. The number of hydrogen-bond acceptors (Lipinski definition) is 2. The lowest BCUT2D eigenvalue weighted by molar-refractivity contribution is -0.120. The molecular weight excluding hydrogens is 226 g/mol. The second-order valence-electron chi connectivity index (χ2n) is 3.75. The smallest absolute Gasteiger partial charge is 0.260 e. The number of carbonyl (C=O) groups is 2. The summed E-state index contributed by atoms with van der Waals surface area (Å²) in [5.41, 5.74) is 1.71. The molecule has 1 fully saturated rings. The quantitative estimate of drug-likeness (QED) is 0.554. The van der Waals surface area contributed by atoms with Gasteiger partial charge in [-0.05, 0) is 30.7 Å². The molecule has 0 saturated carbocycles. The van der Waals surface area contributed by atoms with Gasteiger partial charge in [-0.25, -0.2) is 4.90 Å². The first-order valence-corrected chi connectivity index (χ1v) is 5.19. The van der Waals surface area contributed by atoms with Gasteiger partial charge < -0.3 is 0 Å². The van der Waals surface area contributed by atoms with Crippen molar-refractivity contribution in [2.45, 2.75) is 13.3 Å². The summed E-state index contributed by atoms with van der Waals surface area (Å²) in [6.07, 6.45) is 0.0977.